The van der Waals surface area contributed by atoms with Crippen molar-refractivity contribution in [1.82, 2.24) is 5.32 Å². The van der Waals surface area contributed by atoms with Crippen LogP contribution in [0.15, 0.2) is 0 Å². The highest BCUT2D eigenvalue weighted by Gasteiger charge is 2.29. The van der Waals surface area contributed by atoms with E-state index in [0.717, 1.165) is 25.7 Å². The zero-order valence-electron chi connectivity index (χ0n) is 11.3. The standard InChI is InChI=1S/C13H26N2O3/c1-18-10-11(16)5-8-15-12(17)9-13(14)6-3-2-4-7-13/h11,16H,2-10,14H2,1H3,(H,15,17). The van der Waals surface area contributed by atoms with Crippen LogP contribution in [0, 0.1) is 0 Å². The van der Waals surface area contributed by atoms with Gasteiger partial charge in [-0.1, -0.05) is 19.3 Å². The molecule has 0 saturated heterocycles. The van der Waals surface area contributed by atoms with E-state index in [0.29, 0.717) is 26.0 Å². The summed E-state index contributed by atoms with van der Waals surface area (Å²) in [6, 6.07) is 0. The van der Waals surface area contributed by atoms with Crippen molar-refractivity contribution in [3.63, 3.8) is 0 Å². The van der Waals surface area contributed by atoms with Gasteiger partial charge in [0.1, 0.15) is 0 Å². The first-order valence-corrected chi connectivity index (χ1v) is 6.78. The highest BCUT2D eigenvalue weighted by atomic mass is 16.5. The number of aliphatic hydroxyl groups excluding tert-OH is 1. The molecule has 18 heavy (non-hydrogen) atoms. The van der Waals surface area contributed by atoms with Crippen LogP contribution in [0.5, 0.6) is 0 Å². The number of aliphatic hydroxyl groups is 1. The van der Waals surface area contributed by atoms with Gasteiger partial charge >= 0.3 is 0 Å². The fraction of sp³-hybridized carbons (Fsp3) is 0.923. The van der Waals surface area contributed by atoms with Crippen LogP contribution in [-0.2, 0) is 9.53 Å². The molecule has 106 valence electrons. The Balaban J connectivity index is 2.16. The summed E-state index contributed by atoms with van der Waals surface area (Å²) in [6.45, 7) is 0.774. The normalized spacial score (nSPS) is 20.4. The Hall–Kier alpha value is -0.650. The van der Waals surface area contributed by atoms with Gasteiger partial charge in [-0.05, 0) is 19.3 Å². The van der Waals surface area contributed by atoms with Crippen molar-refractivity contribution in [3.8, 4) is 0 Å². The van der Waals surface area contributed by atoms with E-state index in [2.05, 4.69) is 5.32 Å². The van der Waals surface area contributed by atoms with E-state index in [1.54, 1.807) is 7.11 Å². The largest absolute Gasteiger partial charge is 0.391 e. The molecular weight excluding hydrogens is 232 g/mol. The minimum absolute atomic E-state index is 0.0102. The van der Waals surface area contributed by atoms with E-state index in [1.165, 1.54) is 6.42 Å². The van der Waals surface area contributed by atoms with Crippen LogP contribution < -0.4 is 11.1 Å². The molecule has 5 nitrogen and oxygen atoms in total. The van der Waals surface area contributed by atoms with Crippen LogP contribution in [-0.4, -0.2) is 42.9 Å². The Morgan fingerprint density at radius 2 is 2.11 bits per heavy atom. The summed E-state index contributed by atoms with van der Waals surface area (Å²) in [6.07, 6.45) is 5.73. The van der Waals surface area contributed by atoms with Crippen LogP contribution in [0.2, 0.25) is 0 Å². The monoisotopic (exact) mass is 258 g/mol. The molecule has 1 fully saturated rings. The number of carbonyl (C=O) groups excluding carboxylic acids is 1. The first-order valence-electron chi connectivity index (χ1n) is 6.78. The molecule has 1 amide bonds. The second kappa shape index (κ2) is 7.71. The minimum atomic E-state index is -0.517. The molecule has 0 radical (unpaired) electrons. The third kappa shape index (κ3) is 5.80. The molecule has 1 atom stereocenters. The topological polar surface area (TPSA) is 84.6 Å². The van der Waals surface area contributed by atoms with E-state index >= 15 is 0 Å². The summed E-state index contributed by atoms with van der Waals surface area (Å²) in [4.78, 5) is 11.8. The molecule has 1 aliphatic carbocycles. The van der Waals surface area contributed by atoms with Crippen LogP contribution in [0.25, 0.3) is 0 Å². The summed E-state index contributed by atoms with van der Waals surface area (Å²) in [5, 5.41) is 12.2. The molecule has 1 unspecified atom stereocenters. The third-order valence-electron chi connectivity index (χ3n) is 3.52. The quantitative estimate of drug-likeness (QED) is 0.622. The lowest BCUT2D eigenvalue weighted by atomic mass is 9.80. The molecule has 4 N–H and O–H groups in total. The van der Waals surface area contributed by atoms with Gasteiger partial charge in [-0.2, -0.15) is 0 Å². The number of nitrogens with two attached hydrogens (primary N) is 1. The van der Waals surface area contributed by atoms with Crippen molar-refractivity contribution in [2.24, 2.45) is 5.73 Å². The molecule has 0 aromatic carbocycles. The van der Waals surface area contributed by atoms with Gasteiger partial charge in [-0.3, -0.25) is 4.79 Å². The SMILES string of the molecule is COCC(O)CCNC(=O)CC1(N)CCCCC1. The van der Waals surface area contributed by atoms with Gasteiger partial charge in [0.05, 0.1) is 12.7 Å². The molecule has 0 heterocycles. The predicted octanol–water partition coefficient (Wildman–Crippen LogP) is 0.552. The zero-order valence-corrected chi connectivity index (χ0v) is 11.3. The number of carbonyl (C=O) groups is 1. The van der Waals surface area contributed by atoms with Crippen molar-refractivity contribution in [1.29, 1.82) is 0 Å². The van der Waals surface area contributed by atoms with Crippen molar-refractivity contribution in [2.45, 2.75) is 56.6 Å². The van der Waals surface area contributed by atoms with Crippen LogP contribution in [0.3, 0.4) is 0 Å². The summed E-state index contributed by atoms with van der Waals surface area (Å²) < 4.78 is 4.82. The number of hydrogen-bond acceptors (Lipinski definition) is 4. The maximum atomic E-state index is 11.8. The lowest BCUT2D eigenvalue weighted by Gasteiger charge is -2.32. The van der Waals surface area contributed by atoms with Gasteiger partial charge in [0.15, 0.2) is 0 Å². The van der Waals surface area contributed by atoms with Gasteiger partial charge < -0.3 is 20.9 Å². The highest BCUT2D eigenvalue weighted by molar-refractivity contribution is 5.77. The van der Waals surface area contributed by atoms with Gasteiger partial charge in [0.25, 0.3) is 0 Å². The molecule has 1 saturated carbocycles. The molecule has 0 aromatic rings. The summed E-state index contributed by atoms with van der Waals surface area (Å²) in [7, 11) is 1.54. The average molecular weight is 258 g/mol. The summed E-state index contributed by atoms with van der Waals surface area (Å²) >= 11 is 0. The Kier molecular flexibility index (Phi) is 6.60. The Labute approximate surface area is 109 Å². The lowest BCUT2D eigenvalue weighted by Crippen LogP contribution is -2.46. The van der Waals surface area contributed by atoms with E-state index in [1.807, 2.05) is 0 Å². The number of hydrogen-bond donors (Lipinski definition) is 3. The molecular formula is C13H26N2O3. The molecule has 0 aliphatic heterocycles. The van der Waals surface area contributed by atoms with E-state index in [-0.39, 0.29) is 11.4 Å². The van der Waals surface area contributed by atoms with Gasteiger partial charge in [-0.15, -0.1) is 0 Å². The highest BCUT2D eigenvalue weighted by Crippen LogP contribution is 2.28. The molecule has 1 rings (SSSR count). The summed E-state index contributed by atoms with van der Waals surface area (Å²) in [5.74, 6) is -0.0102. The Morgan fingerprint density at radius 1 is 1.44 bits per heavy atom. The fourth-order valence-electron chi connectivity index (χ4n) is 2.47. The first-order chi connectivity index (χ1) is 8.56. The van der Waals surface area contributed by atoms with Gasteiger partial charge in [-0.25, -0.2) is 0 Å². The number of rotatable bonds is 7. The van der Waals surface area contributed by atoms with Crippen LogP contribution in [0.4, 0.5) is 0 Å². The third-order valence-corrected chi connectivity index (χ3v) is 3.52. The fourth-order valence-corrected chi connectivity index (χ4v) is 2.47. The van der Waals surface area contributed by atoms with Gasteiger partial charge in [0, 0.05) is 25.6 Å². The van der Waals surface area contributed by atoms with Crippen molar-refractivity contribution in [2.75, 3.05) is 20.3 Å². The predicted molar refractivity (Wildman–Crippen MR) is 70.1 cm³/mol. The summed E-state index contributed by atoms with van der Waals surface area (Å²) in [5.41, 5.74) is 5.90. The number of ether oxygens (including phenoxy) is 1. The molecule has 0 bridgehead atoms. The number of nitrogens with one attached hydrogen (secondary N) is 1. The second-order valence-corrected chi connectivity index (χ2v) is 5.35. The number of amides is 1. The average Bonchev–Trinajstić information content (AvgIpc) is 2.29. The maximum Gasteiger partial charge on any atom is 0.221 e. The smallest absolute Gasteiger partial charge is 0.221 e. The van der Waals surface area contributed by atoms with Crippen molar-refractivity contribution < 1.29 is 14.6 Å². The minimum Gasteiger partial charge on any atom is -0.391 e. The van der Waals surface area contributed by atoms with E-state index in [9.17, 15) is 9.90 Å². The molecule has 1 aliphatic rings. The maximum absolute atomic E-state index is 11.8. The lowest BCUT2D eigenvalue weighted by molar-refractivity contribution is -0.122. The zero-order chi connectivity index (χ0) is 13.4. The van der Waals surface area contributed by atoms with Crippen molar-refractivity contribution in [3.05, 3.63) is 0 Å². The Bertz CT molecular complexity index is 253. The van der Waals surface area contributed by atoms with Crippen molar-refractivity contribution >= 4 is 5.91 Å². The van der Waals surface area contributed by atoms with E-state index in [4.69, 9.17) is 10.5 Å². The van der Waals surface area contributed by atoms with Crippen LogP contribution in [0.1, 0.15) is 44.9 Å². The second-order valence-electron chi connectivity index (χ2n) is 5.35. The Morgan fingerprint density at radius 3 is 2.72 bits per heavy atom. The van der Waals surface area contributed by atoms with E-state index < -0.39 is 6.10 Å². The molecule has 5 heteroatoms. The number of methoxy groups -OCH3 is 1. The molecule has 0 aromatic heterocycles. The van der Waals surface area contributed by atoms with Gasteiger partial charge in [0.2, 0.25) is 5.91 Å². The first kappa shape index (κ1) is 15.4. The van der Waals surface area contributed by atoms with Crippen LogP contribution >= 0.6 is 0 Å². The molecule has 0 spiro atoms.